The van der Waals surface area contributed by atoms with E-state index in [0.29, 0.717) is 13.0 Å². The fraction of sp³-hybridized carbons (Fsp3) is 0.875. The van der Waals surface area contributed by atoms with Crippen molar-refractivity contribution in [1.82, 2.24) is 10.2 Å². The lowest BCUT2D eigenvalue weighted by Gasteiger charge is -2.36. The molecule has 6 heteroatoms. The molecule has 0 spiro atoms. The van der Waals surface area contributed by atoms with E-state index in [1.807, 2.05) is 0 Å². The first-order chi connectivity index (χ1) is 6.47. The van der Waals surface area contributed by atoms with Crippen LogP contribution >= 0.6 is 0 Å². The number of nitrogens with one attached hydrogen (secondary N) is 1. The van der Waals surface area contributed by atoms with Gasteiger partial charge in [0.25, 0.3) is 0 Å². The molecule has 1 saturated heterocycles. The average molecular weight is 208 g/mol. The molecule has 0 aromatic heterocycles. The van der Waals surface area contributed by atoms with Gasteiger partial charge < -0.3 is 10.2 Å². The van der Waals surface area contributed by atoms with E-state index in [9.17, 15) is 18.0 Å². The third-order valence-corrected chi connectivity index (χ3v) is 2.85. The number of hydrogen-bond donors (Lipinski definition) is 1. The van der Waals surface area contributed by atoms with E-state index in [2.05, 4.69) is 5.32 Å². The number of amides is 2. The van der Waals surface area contributed by atoms with Crippen molar-refractivity contribution in [1.29, 1.82) is 0 Å². The normalized spacial score (nSPS) is 25.9. The monoisotopic (exact) mass is 208 g/mol. The summed E-state index contributed by atoms with van der Waals surface area (Å²) in [6.45, 7) is 0.689. The highest BCUT2D eigenvalue weighted by molar-refractivity contribution is 5.76. The summed E-state index contributed by atoms with van der Waals surface area (Å²) in [6.07, 6.45) is -3.61. The molecule has 0 aromatic carbocycles. The van der Waals surface area contributed by atoms with Gasteiger partial charge in [-0.25, -0.2) is 4.79 Å². The molecular formula is C8H11F3N2O. The first-order valence-electron chi connectivity index (χ1n) is 4.60. The lowest BCUT2D eigenvalue weighted by atomic mass is 10.2. The second kappa shape index (κ2) is 2.77. The van der Waals surface area contributed by atoms with Gasteiger partial charge in [0.15, 0.2) is 0 Å². The molecule has 80 valence electrons. The number of urea groups is 1. The molecule has 1 saturated carbocycles. The predicted octanol–water partition coefficient (Wildman–Crippen LogP) is 1.50. The first-order valence-corrected chi connectivity index (χ1v) is 4.60. The summed E-state index contributed by atoms with van der Waals surface area (Å²) in [7, 11) is 0. The summed E-state index contributed by atoms with van der Waals surface area (Å²) in [6, 6.07) is -0.578. The van der Waals surface area contributed by atoms with Crippen LogP contribution in [0.25, 0.3) is 0 Å². The summed E-state index contributed by atoms with van der Waals surface area (Å²) >= 11 is 0. The number of carbonyl (C=O) groups is 1. The Labute approximate surface area is 79.3 Å². The fourth-order valence-electron chi connectivity index (χ4n) is 1.86. The molecule has 2 amide bonds. The van der Waals surface area contributed by atoms with Crippen molar-refractivity contribution >= 4 is 6.03 Å². The molecule has 2 fully saturated rings. The molecule has 1 heterocycles. The number of hydrogen-bond acceptors (Lipinski definition) is 1. The number of nitrogens with zero attached hydrogens (tertiary/aromatic N) is 1. The van der Waals surface area contributed by atoms with Gasteiger partial charge >= 0.3 is 12.2 Å². The topological polar surface area (TPSA) is 32.3 Å². The van der Waals surface area contributed by atoms with E-state index in [1.54, 1.807) is 0 Å². The van der Waals surface area contributed by atoms with Crippen LogP contribution < -0.4 is 5.32 Å². The maximum Gasteiger partial charge on any atom is 0.411 e. The van der Waals surface area contributed by atoms with Crippen LogP contribution in [0.15, 0.2) is 0 Å². The molecule has 1 N–H and O–H groups in total. The Hall–Kier alpha value is -0.940. The first kappa shape index (κ1) is 9.61. The third kappa shape index (κ3) is 1.24. The van der Waals surface area contributed by atoms with Gasteiger partial charge in [-0.15, -0.1) is 0 Å². The predicted molar refractivity (Wildman–Crippen MR) is 42.7 cm³/mol. The lowest BCUT2D eigenvalue weighted by molar-refractivity contribution is -0.189. The fourth-order valence-corrected chi connectivity index (χ4v) is 1.86. The van der Waals surface area contributed by atoms with Crippen molar-refractivity contribution in [3.8, 4) is 0 Å². The van der Waals surface area contributed by atoms with Crippen LogP contribution in [0, 0.1) is 0 Å². The van der Waals surface area contributed by atoms with Crippen LogP contribution in [0.5, 0.6) is 0 Å². The summed E-state index contributed by atoms with van der Waals surface area (Å²) in [5.41, 5.74) is -1.85. The van der Waals surface area contributed by atoms with E-state index in [-0.39, 0.29) is 19.4 Å². The highest BCUT2D eigenvalue weighted by atomic mass is 19.4. The molecule has 1 aliphatic carbocycles. The molecule has 0 atom stereocenters. The quantitative estimate of drug-likeness (QED) is 0.695. The Morgan fingerprint density at radius 2 is 2.00 bits per heavy atom. The third-order valence-electron chi connectivity index (χ3n) is 2.85. The van der Waals surface area contributed by atoms with Gasteiger partial charge in [-0.05, 0) is 19.3 Å². The van der Waals surface area contributed by atoms with Gasteiger partial charge in [0.05, 0.1) is 0 Å². The van der Waals surface area contributed by atoms with Gasteiger partial charge in [-0.1, -0.05) is 0 Å². The summed E-state index contributed by atoms with van der Waals surface area (Å²) in [5.74, 6) is 0. The highest BCUT2D eigenvalue weighted by Crippen LogP contribution is 2.53. The van der Waals surface area contributed by atoms with E-state index >= 15 is 0 Å². The van der Waals surface area contributed by atoms with Gasteiger partial charge in [0, 0.05) is 13.1 Å². The molecule has 14 heavy (non-hydrogen) atoms. The zero-order valence-electron chi connectivity index (χ0n) is 7.52. The van der Waals surface area contributed by atoms with E-state index in [0.717, 1.165) is 4.90 Å². The summed E-state index contributed by atoms with van der Waals surface area (Å²) in [5, 5.41) is 2.44. The molecule has 1 aliphatic heterocycles. The van der Waals surface area contributed by atoms with Crippen LogP contribution in [-0.4, -0.2) is 35.7 Å². The standard InChI is InChI=1S/C8H11F3N2O/c9-8(10,11)7(2-3-7)13-5-1-4-12-6(13)14/h1-5H2,(H,12,14). The number of halogens is 3. The zero-order valence-corrected chi connectivity index (χ0v) is 7.52. The number of alkyl halides is 3. The molecule has 0 bridgehead atoms. The second-order valence-corrected chi connectivity index (χ2v) is 3.77. The van der Waals surface area contributed by atoms with Crippen LogP contribution in [-0.2, 0) is 0 Å². The molecule has 2 aliphatic rings. The smallest absolute Gasteiger partial charge is 0.338 e. The minimum absolute atomic E-state index is 0.0456. The van der Waals surface area contributed by atoms with Crippen molar-refractivity contribution in [3.05, 3.63) is 0 Å². The number of rotatable bonds is 1. The maximum absolute atomic E-state index is 12.6. The largest absolute Gasteiger partial charge is 0.411 e. The Morgan fingerprint density at radius 1 is 1.36 bits per heavy atom. The number of carbonyl (C=O) groups excluding carboxylic acids is 1. The van der Waals surface area contributed by atoms with Gasteiger partial charge in [-0.2, -0.15) is 13.2 Å². The maximum atomic E-state index is 12.6. The SMILES string of the molecule is O=C1NCCCN1C1(C(F)(F)F)CC1. The van der Waals surface area contributed by atoms with Crippen molar-refractivity contribution in [2.24, 2.45) is 0 Å². The Bertz CT molecular complexity index is 260. The minimum atomic E-state index is -4.29. The highest BCUT2D eigenvalue weighted by Gasteiger charge is 2.68. The summed E-state index contributed by atoms with van der Waals surface area (Å²) < 4.78 is 37.9. The van der Waals surface area contributed by atoms with Crippen LogP contribution in [0.2, 0.25) is 0 Å². The Balaban J connectivity index is 2.17. The average Bonchev–Trinajstić information content (AvgIpc) is 2.84. The zero-order chi connectivity index (χ0) is 10.4. The second-order valence-electron chi connectivity index (χ2n) is 3.77. The minimum Gasteiger partial charge on any atom is -0.338 e. The molecule has 0 aromatic rings. The Kier molecular flexibility index (Phi) is 1.90. The molecule has 3 nitrogen and oxygen atoms in total. The van der Waals surface area contributed by atoms with E-state index in [4.69, 9.17) is 0 Å². The Morgan fingerprint density at radius 3 is 2.43 bits per heavy atom. The van der Waals surface area contributed by atoms with Crippen molar-refractivity contribution in [2.45, 2.75) is 31.0 Å². The van der Waals surface area contributed by atoms with Crippen LogP contribution in [0.3, 0.4) is 0 Å². The van der Waals surface area contributed by atoms with E-state index in [1.165, 1.54) is 0 Å². The van der Waals surface area contributed by atoms with Gasteiger partial charge in [-0.3, -0.25) is 0 Å². The molecule has 2 rings (SSSR count). The van der Waals surface area contributed by atoms with Crippen LogP contribution in [0.4, 0.5) is 18.0 Å². The van der Waals surface area contributed by atoms with Crippen molar-refractivity contribution < 1.29 is 18.0 Å². The van der Waals surface area contributed by atoms with Gasteiger partial charge in [0.1, 0.15) is 5.54 Å². The van der Waals surface area contributed by atoms with Gasteiger partial charge in [0.2, 0.25) is 0 Å². The van der Waals surface area contributed by atoms with Crippen LogP contribution in [0.1, 0.15) is 19.3 Å². The lowest BCUT2D eigenvalue weighted by Crippen LogP contribution is -2.57. The van der Waals surface area contributed by atoms with Crippen molar-refractivity contribution in [2.75, 3.05) is 13.1 Å². The summed E-state index contributed by atoms with van der Waals surface area (Å²) in [4.78, 5) is 12.2. The molecule has 0 radical (unpaired) electrons. The van der Waals surface area contributed by atoms with Crippen molar-refractivity contribution in [3.63, 3.8) is 0 Å². The van der Waals surface area contributed by atoms with E-state index < -0.39 is 17.7 Å². The molecule has 0 unspecified atom stereocenters. The molecular weight excluding hydrogens is 197 g/mol.